The predicted molar refractivity (Wildman–Crippen MR) is 33.9 cm³/mol. The molecule has 3 N–H and O–H groups in total. The van der Waals surface area contributed by atoms with Gasteiger partial charge in [0.25, 0.3) is 0 Å². The lowest BCUT2D eigenvalue weighted by atomic mass is 10.2. The summed E-state index contributed by atoms with van der Waals surface area (Å²) in [6.45, 7) is -0.0978. The van der Waals surface area contributed by atoms with E-state index in [2.05, 4.69) is 0 Å². The third-order valence-corrected chi connectivity index (χ3v) is 0.889. The van der Waals surface area contributed by atoms with Crippen molar-refractivity contribution in [3.8, 4) is 0 Å². The molecule has 1 atom stereocenters. The molecule has 0 rings (SSSR count). The van der Waals surface area contributed by atoms with E-state index in [1.807, 2.05) is 0 Å². The number of hydrogen-bond donors (Lipinski definition) is 3. The summed E-state index contributed by atoms with van der Waals surface area (Å²) in [5.74, 6) is 0. The number of aliphatic hydroxyl groups excluding tert-OH is 3. The highest BCUT2D eigenvalue weighted by Gasteiger charge is 1.94. The second-order valence-electron chi connectivity index (χ2n) is 1.69. The van der Waals surface area contributed by atoms with Crippen LogP contribution in [0.2, 0.25) is 0 Å². The molecule has 3 nitrogen and oxygen atoms in total. The monoisotopic (exact) mass is 132 g/mol. The Bertz CT molecular complexity index is 80.4. The van der Waals surface area contributed by atoms with Crippen LogP contribution in [-0.2, 0) is 0 Å². The molecule has 54 valence electrons. The van der Waals surface area contributed by atoms with E-state index in [0.717, 1.165) is 0 Å². The van der Waals surface area contributed by atoms with Crippen molar-refractivity contribution in [3.05, 3.63) is 12.2 Å². The Morgan fingerprint density at radius 3 is 2.44 bits per heavy atom. The lowest BCUT2D eigenvalue weighted by Gasteiger charge is -1.99. The van der Waals surface area contributed by atoms with Crippen molar-refractivity contribution in [2.24, 2.45) is 0 Å². The van der Waals surface area contributed by atoms with Crippen LogP contribution in [0.1, 0.15) is 6.42 Å². The van der Waals surface area contributed by atoms with Gasteiger partial charge in [-0.3, -0.25) is 0 Å². The van der Waals surface area contributed by atoms with Crippen LogP contribution in [-0.4, -0.2) is 34.6 Å². The molecule has 0 aliphatic heterocycles. The van der Waals surface area contributed by atoms with Gasteiger partial charge in [-0.1, -0.05) is 12.2 Å². The molecular formula is C6H12O3. The van der Waals surface area contributed by atoms with E-state index in [4.69, 9.17) is 15.3 Å². The minimum absolute atomic E-state index is 0.0308. The van der Waals surface area contributed by atoms with Crippen molar-refractivity contribution in [3.63, 3.8) is 0 Å². The van der Waals surface area contributed by atoms with Gasteiger partial charge in [0.15, 0.2) is 0 Å². The van der Waals surface area contributed by atoms with E-state index in [0.29, 0.717) is 6.42 Å². The number of hydrogen-bond acceptors (Lipinski definition) is 3. The van der Waals surface area contributed by atoms with Crippen molar-refractivity contribution in [2.45, 2.75) is 12.5 Å². The minimum atomic E-state index is -0.623. The first-order valence-corrected chi connectivity index (χ1v) is 2.87. The van der Waals surface area contributed by atoms with Crippen molar-refractivity contribution in [1.82, 2.24) is 0 Å². The third kappa shape index (κ3) is 5.49. The Morgan fingerprint density at radius 1 is 1.33 bits per heavy atom. The van der Waals surface area contributed by atoms with Gasteiger partial charge in [-0.25, -0.2) is 0 Å². The molecule has 0 amide bonds. The van der Waals surface area contributed by atoms with Gasteiger partial charge in [0.05, 0.1) is 12.7 Å². The fraction of sp³-hybridized carbons (Fsp3) is 0.667. The molecule has 0 aromatic heterocycles. The van der Waals surface area contributed by atoms with Crippen LogP contribution < -0.4 is 0 Å². The molecule has 0 radical (unpaired) electrons. The Kier molecular flexibility index (Phi) is 5.51. The van der Waals surface area contributed by atoms with Gasteiger partial charge < -0.3 is 15.3 Å². The standard InChI is InChI=1S/C6H12O3/c7-4-1-2-6(9)3-5-8/h1-2,6-9H,3-5H2/b2-1+. The van der Waals surface area contributed by atoms with Crippen LogP contribution in [0.3, 0.4) is 0 Å². The highest BCUT2D eigenvalue weighted by molar-refractivity contribution is 4.87. The summed E-state index contributed by atoms with van der Waals surface area (Å²) in [5, 5.41) is 25.3. The second-order valence-corrected chi connectivity index (χ2v) is 1.69. The molecule has 0 saturated carbocycles. The number of rotatable bonds is 4. The molecule has 0 aliphatic rings. The molecule has 3 heteroatoms. The van der Waals surface area contributed by atoms with Crippen LogP contribution >= 0.6 is 0 Å². The summed E-state index contributed by atoms with van der Waals surface area (Å²) < 4.78 is 0. The quantitative estimate of drug-likeness (QED) is 0.442. The summed E-state index contributed by atoms with van der Waals surface area (Å²) in [6, 6.07) is 0. The van der Waals surface area contributed by atoms with Gasteiger partial charge in [0.2, 0.25) is 0 Å². The highest BCUT2D eigenvalue weighted by atomic mass is 16.3. The van der Waals surface area contributed by atoms with Gasteiger partial charge in [-0.2, -0.15) is 0 Å². The third-order valence-electron chi connectivity index (χ3n) is 0.889. The van der Waals surface area contributed by atoms with Crippen molar-refractivity contribution >= 4 is 0 Å². The van der Waals surface area contributed by atoms with Crippen molar-refractivity contribution in [2.75, 3.05) is 13.2 Å². The first kappa shape index (κ1) is 8.62. The zero-order valence-electron chi connectivity index (χ0n) is 5.20. The Morgan fingerprint density at radius 2 is 2.00 bits per heavy atom. The fourth-order valence-electron chi connectivity index (χ4n) is 0.446. The van der Waals surface area contributed by atoms with E-state index >= 15 is 0 Å². The van der Waals surface area contributed by atoms with E-state index in [-0.39, 0.29) is 13.2 Å². The Labute approximate surface area is 54.3 Å². The first-order valence-electron chi connectivity index (χ1n) is 2.87. The molecule has 0 spiro atoms. The minimum Gasteiger partial charge on any atom is -0.396 e. The average Bonchev–Trinajstić information content (AvgIpc) is 1.85. The zero-order valence-corrected chi connectivity index (χ0v) is 5.20. The summed E-state index contributed by atoms with van der Waals surface area (Å²) in [7, 11) is 0. The molecule has 0 saturated heterocycles. The fourth-order valence-corrected chi connectivity index (χ4v) is 0.446. The Hall–Kier alpha value is -0.380. The van der Waals surface area contributed by atoms with Gasteiger partial charge in [-0.15, -0.1) is 0 Å². The normalized spacial score (nSPS) is 14.6. The molecule has 0 aromatic rings. The van der Waals surface area contributed by atoms with Gasteiger partial charge >= 0.3 is 0 Å². The maximum Gasteiger partial charge on any atom is 0.0743 e. The smallest absolute Gasteiger partial charge is 0.0743 e. The summed E-state index contributed by atoms with van der Waals surface area (Å²) >= 11 is 0. The zero-order chi connectivity index (χ0) is 7.11. The predicted octanol–water partition coefficient (Wildman–Crippen LogP) is -0.722. The van der Waals surface area contributed by atoms with Crippen LogP contribution in [0, 0.1) is 0 Å². The van der Waals surface area contributed by atoms with Gasteiger partial charge in [0, 0.05) is 6.61 Å². The highest BCUT2D eigenvalue weighted by Crippen LogP contribution is 1.90. The molecule has 0 heterocycles. The van der Waals surface area contributed by atoms with E-state index in [1.54, 1.807) is 0 Å². The lowest BCUT2D eigenvalue weighted by molar-refractivity contribution is 0.169. The average molecular weight is 132 g/mol. The topological polar surface area (TPSA) is 60.7 Å². The molecule has 0 aromatic carbocycles. The molecule has 0 fully saturated rings. The van der Waals surface area contributed by atoms with Crippen LogP contribution in [0.15, 0.2) is 12.2 Å². The lowest BCUT2D eigenvalue weighted by Crippen LogP contribution is -2.04. The van der Waals surface area contributed by atoms with Crippen molar-refractivity contribution < 1.29 is 15.3 Å². The first-order chi connectivity index (χ1) is 4.31. The van der Waals surface area contributed by atoms with Crippen LogP contribution in [0.4, 0.5) is 0 Å². The molecule has 1 unspecified atom stereocenters. The summed E-state index contributed by atoms with van der Waals surface area (Å²) in [6.07, 6.45) is 2.61. The van der Waals surface area contributed by atoms with Gasteiger partial charge in [0.1, 0.15) is 0 Å². The molecular weight excluding hydrogens is 120 g/mol. The number of aliphatic hydroxyl groups is 3. The maximum atomic E-state index is 8.82. The SMILES string of the molecule is OC/C=C/C(O)CCO. The van der Waals surface area contributed by atoms with Crippen LogP contribution in [0.25, 0.3) is 0 Å². The molecule has 0 bridgehead atoms. The molecule has 9 heavy (non-hydrogen) atoms. The van der Waals surface area contributed by atoms with Crippen molar-refractivity contribution in [1.29, 1.82) is 0 Å². The van der Waals surface area contributed by atoms with Crippen LogP contribution in [0.5, 0.6) is 0 Å². The van der Waals surface area contributed by atoms with E-state index < -0.39 is 6.10 Å². The Balaban J connectivity index is 3.25. The van der Waals surface area contributed by atoms with Gasteiger partial charge in [-0.05, 0) is 6.42 Å². The second kappa shape index (κ2) is 5.75. The molecule has 0 aliphatic carbocycles. The largest absolute Gasteiger partial charge is 0.396 e. The summed E-state index contributed by atoms with van der Waals surface area (Å²) in [5.41, 5.74) is 0. The van der Waals surface area contributed by atoms with E-state index in [1.165, 1.54) is 12.2 Å². The van der Waals surface area contributed by atoms with E-state index in [9.17, 15) is 0 Å². The maximum absolute atomic E-state index is 8.82. The summed E-state index contributed by atoms with van der Waals surface area (Å²) in [4.78, 5) is 0.